The first-order valence-corrected chi connectivity index (χ1v) is 7.83. The van der Waals surface area contributed by atoms with Gasteiger partial charge < -0.3 is 10.0 Å². The number of phenols is 1. The van der Waals surface area contributed by atoms with Crippen molar-refractivity contribution in [2.24, 2.45) is 0 Å². The highest BCUT2D eigenvalue weighted by Gasteiger charge is 2.25. The number of aromatic hydroxyl groups is 1. The largest absolute Gasteiger partial charge is 0.507 e. The number of benzene rings is 2. The standard InChI is InChI=1S/C18H23NO/c1-2-15-8-5-6-12-19(15)13-17-16-9-4-3-7-14(16)10-11-18(17)20/h3-4,7,9-11,15,20H,2,5-6,8,12-13H2,1H3/p+1. The normalized spacial score (nSPS) is 23.1. The van der Waals surface area contributed by atoms with Gasteiger partial charge in [0.15, 0.2) is 0 Å². The lowest BCUT2D eigenvalue weighted by Gasteiger charge is -2.32. The smallest absolute Gasteiger partial charge is 0.125 e. The second kappa shape index (κ2) is 5.84. The van der Waals surface area contributed by atoms with Crippen molar-refractivity contribution in [3.63, 3.8) is 0 Å². The first-order valence-electron chi connectivity index (χ1n) is 7.83. The molecule has 2 aromatic rings. The van der Waals surface area contributed by atoms with Crippen molar-refractivity contribution in [3.05, 3.63) is 42.0 Å². The summed E-state index contributed by atoms with van der Waals surface area (Å²) in [4.78, 5) is 1.64. The molecule has 3 rings (SSSR count). The number of hydrogen-bond acceptors (Lipinski definition) is 1. The van der Waals surface area contributed by atoms with E-state index in [0.717, 1.165) is 18.2 Å². The molecule has 20 heavy (non-hydrogen) atoms. The van der Waals surface area contributed by atoms with Gasteiger partial charge in [-0.05, 0) is 42.5 Å². The molecule has 2 N–H and O–H groups in total. The molecule has 1 saturated heterocycles. The lowest BCUT2D eigenvalue weighted by molar-refractivity contribution is -0.943. The third-order valence-electron chi connectivity index (χ3n) is 4.79. The molecule has 0 radical (unpaired) electrons. The summed E-state index contributed by atoms with van der Waals surface area (Å²) < 4.78 is 0. The number of fused-ring (bicyclic) bond motifs is 1. The second-order valence-electron chi connectivity index (χ2n) is 5.97. The molecule has 2 atom stereocenters. The molecule has 1 heterocycles. The van der Waals surface area contributed by atoms with Crippen molar-refractivity contribution in [2.45, 2.75) is 45.2 Å². The van der Waals surface area contributed by atoms with Gasteiger partial charge >= 0.3 is 0 Å². The van der Waals surface area contributed by atoms with Gasteiger partial charge in [0.1, 0.15) is 12.3 Å². The van der Waals surface area contributed by atoms with E-state index in [2.05, 4.69) is 31.2 Å². The quantitative estimate of drug-likeness (QED) is 0.880. The molecule has 1 aliphatic rings. The summed E-state index contributed by atoms with van der Waals surface area (Å²) in [5, 5.41) is 12.7. The van der Waals surface area contributed by atoms with E-state index < -0.39 is 0 Å². The van der Waals surface area contributed by atoms with E-state index in [1.54, 1.807) is 4.90 Å². The summed E-state index contributed by atoms with van der Waals surface area (Å²) in [5.74, 6) is 0.455. The molecule has 0 saturated carbocycles. The number of likely N-dealkylation sites (tertiary alicyclic amines) is 1. The van der Waals surface area contributed by atoms with Crippen LogP contribution in [0.4, 0.5) is 0 Å². The van der Waals surface area contributed by atoms with Crippen LogP contribution in [0.1, 0.15) is 38.2 Å². The van der Waals surface area contributed by atoms with Gasteiger partial charge in [-0.25, -0.2) is 0 Å². The Balaban J connectivity index is 1.95. The zero-order chi connectivity index (χ0) is 13.9. The van der Waals surface area contributed by atoms with E-state index in [9.17, 15) is 5.11 Å². The molecule has 2 heteroatoms. The van der Waals surface area contributed by atoms with E-state index in [-0.39, 0.29) is 0 Å². The fraction of sp³-hybridized carbons (Fsp3) is 0.444. The topological polar surface area (TPSA) is 24.7 Å². The van der Waals surface area contributed by atoms with Gasteiger partial charge in [-0.2, -0.15) is 0 Å². The molecule has 2 unspecified atom stereocenters. The Morgan fingerprint density at radius 2 is 2.00 bits per heavy atom. The molecule has 1 fully saturated rings. The van der Waals surface area contributed by atoms with Gasteiger partial charge in [-0.1, -0.05) is 37.3 Å². The number of phenolic OH excluding ortho intramolecular Hbond substituents is 1. The minimum Gasteiger partial charge on any atom is -0.507 e. The molecule has 0 aromatic heterocycles. The fourth-order valence-electron chi connectivity index (χ4n) is 3.61. The van der Waals surface area contributed by atoms with Crippen molar-refractivity contribution < 1.29 is 10.0 Å². The number of quaternary nitrogens is 1. The molecular weight excluding hydrogens is 246 g/mol. The van der Waals surface area contributed by atoms with Crippen LogP contribution in [0.25, 0.3) is 10.8 Å². The van der Waals surface area contributed by atoms with E-state index >= 15 is 0 Å². The van der Waals surface area contributed by atoms with E-state index in [1.807, 2.05) is 12.1 Å². The molecule has 106 valence electrons. The van der Waals surface area contributed by atoms with E-state index in [0.29, 0.717) is 5.75 Å². The summed E-state index contributed by atoms with van der Waals surface area (Å²) in [6.07, 6.45) is 5.25. The van der Waals surface area contributed by atoms with Crippen molar-refractivity contribution in [2.75, 3.05) is 6.54 Å². The minimum atomic E-state index is 0.455. The Morgan fingerprint density at radius 1 is 1.15 bits per heavy atom. The van der Waals surface area contributed by atoms with Crippen LogP contribution in [0, 0.1) is 0 Å². The lowest BCUT2D eigenvalue weighted by atomic mass is 9.97. The van der Waals surface area contributed by atoms with Crippen molar-refractivity contribution >= 4 is 10.8 Å². The summed E-state index contributed by atoms with van der Waals surface area (Å²) in [7, 11) is 0. The highest BCUT2D eigenvalue weighted by Crippen LogP contribution is 2.26. The molecule has 0 bridgehead atoms. The summed E-state index contributed by atoms with van der Waals surface area (Å²) in [5.41, 5.74) is 1.12. The average Bonchev–Trinajstić information content (AvgIpc) is 2.50. The van der Waals surface area contributed by atoms with Crippen LogP contribution in [0.2, 0.25) is 0 Å². The van der Waals surface area contributed by atoms with Gasteiger partial charge in [0.05, 0.1) is 18.2 Å². The molecule has 2 nitrogen and oxygen atoms in total. The third-order valence-corrected chi connectivity index (χ3v) is 4.79. The maximum Gasteiger partial charge on any atom is 0.125 e. The van der Waals surface area contributed by atoms with Crippen LogP contribution < -0.4 is 4.90 Å². The van der Waals surface area contributed by atoms with Gasteiger partial charge in [0, 0.05) is 0 Å². The fourth-order valence-corrected chi connectivity index (χ4v) is 3.61. The molecule has 0 spiro atoms. The Bertz CT molecular complexity index is 593. The predicted molar refractivity (Wildman–Crippen MR) is 83.1 cm³/mol. The monoisotopic (exact) mass is 270 g/mol. The maximum absolute atomic E-state index is 10.3. The Kier molecular flexibility index (Phi) is 3.93. The highest BCUT2D eigenvalue weighted by atomic mass is 16.3. The summed E-state index contributed by atoms with van der Waals surface area (Å²) in [6.45, 7) is 4.48. The first-order chi connectivity index (χ1) is 9.79. The Hall–Kier alpha value is -1.54. The molecule has 1 aliphatic heterocycles. The van der Waals surface area contributed by atoms with Crippen LogP contribution in [0.3, 0.4) is 0 Å². The highest BCUT2D eigenvalue weighted by molar-refractivity contribution is 5.87. The van der Waals surface area contributed by atoms with Gasteiger partial charge in [-0.15, -0.1) is 0 Å². The Labute approximate surface area is 121 Å². The van der Waals surface area contributed by atoms with E-state index in [4.69, 9.17) is 0 Å². The molecule has 0 aliphatic carbocycles. The lowest BCUT2D eigenvalue weighted by Crippen LogP contribution is -3.15. The average molecular weight is 270 g/mol. The van der Waals surface area contributed by atoms with E-state index in [1.165, 1.54) is 43.0 Å². The van der Waals surface area contributed by atoms with Crippen molar-refractivity contribution in [1.29, 1.82) is 0 Å². The van der Waals surface area contributed by atoms with Gasteiger partial charge in [0.25, 0.3) is 0 Å². The van der Waals surface area contributed by atoms with Crippen LogP contribution >= 0.6 is 0 Å². The van der Waals surface area contributed by atoms with Crippen molar-refractivity contribution in [3.8, 4) is 5.75 Å². The van der Waals surface area contributed by atoms with Crippen LogP contribution in [-0.4, -0.2) is 17.7 Å². The zero-order valence-electron chi connectivity index (χ0n) is 12.2. The number of nitrogens with one attached hydrogen (secondary N) is 1. The maximum atomic E-state index is 10.3. The summed E-state index contributed by atoms with van der Waals surface area (Å²) in [6, 6.07) is 13.0. The number of piperidine rings is 1. The molecule has 2 aromatic carbocycles. The van der Waals surface area contributed by atoms with Gasteiger partial charge in [-0.3, -0.25) is 0 Å². The Morgan fingerprint density at radius 3 is 2.85 bits per heavy atom. The molecular formula is C18H24NO+. The zero-order valence-corrected chi connectivity index (χ0v) is 12.2. The minimum absolute atomic E-state index is 0.455. The van der Waals surface area contributed by atoms with Gasteiger partial charge in [0.2, 0.25) is 0 Å². The number of rotatable bonds is 3. The third kappa shape index (κ3) is 2.53. The number of hydrogen-bond donors (Lipinski definition) is 2. The van der Waals surface area contributed by atoms with Crippen LogP contribution in [0.5, 0.6) is 5.75 Å². The second-order valence-corrected chi connectivity index (χ2v) is 5.97. The predicted octanol–water partition coefficient (Wildman–Crippen LogP) is 2.89. The first kappa shape index (κ1) is 13.4. The van der Waals surface area contributed by atoms with Crippen LogP contribution in [0.15, 0.2) is 36.4 Å². The van der Waals surface area contributed by atoms with Crippen molar-refractivity contribution in [1.82, 2.24) is 0 Å². The van der Waals surface area contributed by atoms with Crippen LogP contribution in [-0.2, 0) is 6.54 Å². The molecule has 0 amide bonds. The summed E-state index contributed by atoms with van der Waals surface area (Å²) >= 11 is 0. The SMILES string of the molecule is CCC1CCCC[NH+]1Cc1c(O)ccc2ccccc12.